The van der Waals surface area contributed by atoms with E-state index < -0.39 is 7.26 Å². The molecule has 4 aromatic carbocycles. The van der Waals surface area contributed by atoms with E-state index in [9.17, 15) is 0 Å². The van der Waals surface area contributed by atoms with Crippen molar-refractivity contribution < 1.29 is 29.5 Å². The van der Waals surface area contributed by atoms with Gasteiger partial charge in [0.25, 0.3) is 0 Å². The molecule has 0 nitrogen and oxygen atoms in total. The molecule has 0 atom stereocenters. The second-order valence-corrected chi connectivity index (χ2v) is 9.95. The molecule has 0 bridgehead atoms. The first kappa shape index (κ1) is 22.4. The Bertz CT molecular complexity index is 848. The second-order valence-electron chi connectivity index (χ2n) is 6.46. The number of hydrogen-bond acceptors (Lipinski definition) is 0. The predicted molar refractivity (Wildman–Crippen MR) is 115 cm³/mol. The first-order valence-electron chi connectivity index (χ1n) is 8.98. The van der Waals surface area contributed by atoms with Crippen LogP contribution in [0.3, 0.4) is 0 Å². The minimum absolute atomic E-state index is 0. The summed E-state index contributed by atoms with van der Waals surface area (Å²) in [5.41, 5.74) is 1.39. The van der Waals surface area contributed by atoms with E-state index in [1.165, 1.54) is 21.5 Å². The summed E-state index contributed by atoms with van der Waals surface area (Å²) in [6, 6.07) is 44.0. The van der Waals surface area contributed by atoms with Crippen LogP contribution in [0, 0.1) is 0 Å². The largest absolute Gasteiger partial charge is 1.00 e. The van der Waals surface area contributed by atoms with Crippen molar-refractivity contribution >= 4 is 23.2 Å². The zero-order valence-corrected chi connectivity index (χ0v) is 18.2. The van der Waals surface area contributed by atoms with Gasteiger partial charge in [-0.1, -0.05) is 84.9 Å². The Labute approximate surface area is 185 Å². The second kappa shape index (κ2) is 10.6. The quantitative estimate of drug-likeness (QED) is 0.327. The summed E-state index contributed by atoms with van der Waals surface area (Å²) in [6.07, 6.45) is 1.03. The van der Waals surface area contributed by atoms with Gasteiger partial charge in [0.2, 0.25) is 0 Å². The fourth-order valence-electron chi connectivity index (χ4n) is 3.63. The van der Waals surface area contributed by atoms with Gasteiger partial charge in [0.1, 0.15) is 23.2 Å². The van der Waals surface area contributed by atoms with Gasteiger partial charge in [0.15, 0.2) is 0 Å². The van der Waals surface area contributed by atoms with Gasteiger partial charge in [0.05, 0.1) is 6.16 Å². The van der Waals surface area contributed by atoms with Crippen molar-refractivity contribution in [1.29, 1.82) is 0 Å². The van der Waals surface area contributed by atoms with Gasteiger partial charge in [0, 0.05) is 17.1 Å². The van der Waals surface area contributed by atoms with E-state index in [4.69, 9.17) is 0 Å². The van der Waals surface area contributed by atoms with Crippen LogP contribution < -0.4 is 28.3 Å². The topological polar surface area (TPSA) is 0 Å². The number of halogens is 1. The standard InChI is InChI=1S/C25H22P.ClH.Fe/c1-5-13-22(14-6-1)21-26(23-15-7-2-8-16-23,24-17-9-3-10-18-24)25-19-11-4-12-20-25;;/h1-20H,21H2;1H;/q+1;;/p-1. The van der Waals surface area contributed by atoms with Crippen molar-refractivity contribution in [1.82, 2.24) is 0 Å². The van der Waals surface area contributed by atoms with Crippen molar-refractivity contribution in [3.8, 4) is 0 Å². The van der Waals surface area contributed by atoms with Gasteiger partial charge in [-0.25, -0.2) is 0 Å². The Balaban J connectivity index is 0.00000140. The molecule has 4 aromatic rings. The molecule has 0 spiro atoms. The van der Waals surface area contributed by atoms with Crippen molar-refractivity contribution in [2.75, 3.05) is 0 Å². The van der Waals surface area contributed by atoms with Crippen LogP contribution in [-0.4, -0.2) is 0 Å². The fraction of sp³-hybridized carbons (Fsp3) is 0.0400. The molecule has 0 fully saturated rings. The Hall–Kier alpha value is -1.88. The van der Waals surface area contributed by atoms with E-state index in [-0.39, 0.29) is 29.5 Å². The summed E-state index contributed by atoms with van der Waals surface area (Å²) in [7, 11) is -1.78. The van der Waals surface area contributed by atoms with E-state index in [0.717, 1.165) is 6.16 Å². The minimum atomic E-state index is -1.78. The molecule has 0 amide bonds. The summed E-state index contributed by atoms with van der Waals surface area (Å²) in [4.78, 5) is 0. The molecule has 0 aromatic heterocycles. The van der Waals surface area contributed by atoms with Crippen LogP contribution in [0.2, 0.25) is 0 Å². The normalized spacial score (nSPS) is 10.4. The summed E-state index contributed by atoms with van der Waals surface area (Å²) < 4.78 is 0. The average molecular weight is 445 g/mol. The minimum Gasteiger partial charge on any atom is -1.00 e. The van der Waals surface area contributed by atoms with Gasteiger partial charge < -0.3 is 12.4 Å². The molecular weight excluding hydrogens is 423 g/mol. The molecule has 0 N–H and O–H groups in total. The summed E-state index contributed by atoms with van der Waals surface area (Å²) in [5, 5.41) is 4.30. The molecular formula is C25H22ClFeP. The van der Waals surface area contributed by atoms with Crippen LogP contribution in [0.25, 0.3) is 0 Å². The Kier molecular flexibility index (Phi) is 8.49. The Morgan fingerprint density at radius 2 is 0.714 bits per heavy atom. The van der Waals surface area contributed by atoms with Crippen molar-refractivity contribution in [2.24, 2.45) is 0 Å². The number of rotatable bonds is 5. The molecule has 0 heterocycles. The van der Waals surface area contributed by atoms with Crippen molar-refractivity contribution in [3.63, 3.8) is 0 Å². The van der Waals surface area contributed by atoms with E-state index in [0.29, 0.717) is 0 Å². The molecule has 0 aliphatic rings. The van der Waals surface area contributed by atoms with Crippen LogP contribution in [0.4, 0.5) is 0 Å². The average Bonchev–Trinajstić information content (AvgIpc) is 2.75. The molecule has 4 rings (SSSR count). The first-order chi connectivity index (χ1) is 12.9. The third kappa shape index (κ3) is 4.57. The van der Waals surface area contributed by atoms with Gasteiger partial charge in [-0.15, -0.1) is 0 Å². The molecule has 0 aliphatic carbocycles. The molecule has 0 saturated carbocycles. The third-order valence-electron chi connectivity index (χ3n) is 4.85. The molecule has 0 saturated heterocycles. The monoisotopic (exact) mass is 444 g/mol. The van der Waals surface area contributed by atoms with Crippen molar-refractivity contribution in [2.45, 2.75) is 6.16 Å². The fourth-order valence-corrected chi connectivity index (χ4v) is 7.87. The Morgan fingerprint density at radius 3 is 1.04 bits per heavy atom. The third-order valence-corrected chi connectivity index (χ3v) is 9.23. The van der Waals surface area contributed by atoms with E-state index in [2.05, 4.69) is 121 Å². The zero-order valence-electron chi connectivity index (χ0n) is 15.4. The van der Waals surface area contributed by atoms with Crippen LogP contribution in [0.1, 0.15) is 5.56 Å². The van der Waals surface area contributed by atoms with E-state index in [1.807, 2.05) is 0 Å². The molecule has 0 unspecified atom stereocenters. The molecule has 0 radical (unpaired) electrons. The van der Waals surface area contributed by atoms with Gasteiger partial charge in [-0.3, -0.25) is 0 Å². The maximum Gasteiger partial charge on any atom is 0.116 e. The smallest absolute Gasteiger partial charge is 0.116 e. The molecule has 0 aliphatic heterocycles. The van der Waals surface area contributed by atoms with E-state index in [1.54, 1.807) is 0 Å². The van der Waals surface area contributed by atoms with Gasteiger partial charge in [-0.05, 0) is 42.0 Å². The van der Waals surface area contributed by atoms with Gasteiger partial charge >= 0.3 is 0 Å². The summed E-state index contributed by atoms with van der Waals surface area (Å²) in [5.74, 6) is 0. The Morgan fingerprint density at radius 1 is 0.429 bits per heavy atom. The van der Waals surface area contributed by atoms with Gasteiger partial charge in [-0.2, -0.15) is 0 Å². The molecule has 28 heavy (non-hydrogen) atoms. The van der Waals surface area contributed by atoms with Crippen LogP contribution >= 0.6 is 7.26 Å². The summed E-state index contributed by atoms with van der Waals surface area (Å²) >= 11 is 0. The summed E-state index contributed by atoms with van der Waals surface area (Å²) in [6.45, 7) is 0. The van der Waals surface area contributed by atoms with Crippen LogP contribution in [0.15, 0.2) is 121 Å². The molecule has 142 valence electrons. The molecule has 3 heteroatoms. The zero-order chi connectivity index (χ0) is 17.7. The van der Waals surface area contributed by atoms with Crippen LogP contribution in [0.5, 0.6) is 0 Å². The predicted octanol–water partition coefficient (Wildman–Crippen LogP) is 2.18. The maximum absolute atomic E-state index is 2.30. The number of benzene rings is 4. The van der Waals surface area contributed by atoms with Crippen LogP contribution in [-0.2, 0) is 23.2 Å². The van der Waals surface area contributed by atoms with E-state index >= 15 is 0 Å². The first-order valence-corrected chi connectivity index (χ1v) is 11.0. The SMILES string of the molecule is [Cl-].[Fe].c1ccc(C[P+](c2ccccc2)(c2ccccc2)c2ccccc2)cc1. The van der Waals surface area contributed by atoms with Crippen molar-refractivity contribution in [3.05, 3.63) is 127 Å². The number of hydrogen-bond donors (Lipinski definition) is 0. The maximum atomic E-state index is 2.30.